The lowest BCUT2D eigenvalue weighted by molar-refractivity contribution is -0.111. The number of hydrogen-bond acceptors (Lipinski definition) is 4. The first kappa shape index (κ1) is 8.91. The van der Waals surface area contributed by atoms with Gasteiger partial charge in [-0.05, 0) is 0 Å². The number of rotatable bonds is 3. The average molecular weight is 181 g/mol. The summed E-state index contributed by atoms with van der Waals surface area (Å²) in [5, 5.41) is 11.3. The zero-order valence-electron chi connectivity index (χ0n) is 6.23. The van der Waals surface area contributed by atoms with Crippen LogP contribution in [-0.2, 0) is 10.4 Å². The molecule has 1 aromatic rings. The minimum Gasteiger partial charge on any atom is -0.371 e. The molecule has 1 rings (SSSR count). The molecule has 0 aliphatic carbocycles. The number of terminal acetylenes is 1. The van der Waals surface area contributed by atoms with E-state index in [4.69, 9.17) is 6.42 Å². The first-order valence-corrected chi connectivity index (χ1v) is 4.19. The van der Waals surface area contributed by atoms with Crippen LogP contribution in [0.25, 0.3) is 0 Å². The molecule has 0 aliphatic heterocycles. The topological polar surface area (TPSA) is 50.2 Å². The molecule has 0 aromatic carbocycles. The maximum absolute atomic E-state index is 10.2. The Morgan fingerprint density at radius 2 is 2.67 bits per heavy atom. The van der Waals surface area contributed by atoms with Crippen molar-refractivity contribution in [1.29, 1.82) is 0 Å². The van der Waals surface area contributed by atoms with Gasteiger partial charge in [-0.1, -0.05) is 5.92 Å². The Kier molecular flexibility index (Phi) is 2.58. The predicted octanol–water partition coefficient (Wildman–Crippen LogP) is 0.553. The maximum Gasteiger partial charge on any atom is 0.174 e. The first-order chi connectivity index (χ1) is 5.73. The maximum atomic E-state index is 10.2. The van der Waals surface area contributed by atoms with E-state index in [0.29, 0.717) is 12.0 Å². The van der Waals surface area contributed by atoms with Gasteiger partial charge in [0, 0.05) is 11.8 Å². The lowest BCUT2D eigenvalue weighted by Gasteiger charge is -2.15. The van der Waals surface area contributed by atoms with E-state index in [2.05, 4.69) is 10.9 Å². The lowest BCUT2D eigenvalue weighted by Crippen LogP contribution is -2.24. The third-order valence-corrected chi connectivity index (χ3v) is 2.06. The van der Waals surface area contributed by atoms with Crippen LogP contribution < -0.4 is 0 Å². The minimum atomic E-state index is -1.53. The summed E-state index contributed by atoms with van der Waals surface area (Å²) in [6.45, 7) is 0. The van der Waals surface area contributed by atoms with Crippen LogP contribution in [0.4, 0.5) is 0 Å². The van der Waals surface area contributed by atoms with E-state index >= 15 is 0 Å². The van der Waals surface area contributed by atoms with Gasteiger partial charge in [0.25, 0.3) is 0 Å². The second kappa shape index (κ2) is 3.48. The molecule has 1 heterocycles. The second-order valence-corrected chi connectivity index (χ2v) is 2.97. The van der Waals surface area contributed by atoms with E-state index in [9.17, 15) is 9.90 Å². The molecule has 1 unspecified atom stereocenters. The van der Waals surface area contributed by atoms with Crippen molar-refractivity contribution in [3.05, 3.63) is 16.6 Å². The van der Waals surface area contributed by atoms with Gasteiger partial charge in [0.05, 0.1) is 11.2 Å². The Morgan fingerprint density at radius 3 is 3.08 bits per heavy atom. The van der Waals surface area contributed by atoms with Crippen LogP contribution >= 0.6 is 11.3 Å². The highest BCUT2D eigenvalue weighted by Crippen LogP contribution is 2.22. The first-order valence-electron chi connectivity index (χ1n) is 3.25. The minimum absolute atomic E-state index is 0.118. The van der Waals surface area contributed by atoms with Gasteiger partial charge in [-0.3, -0.25) is 0 Å². The van der Waals surface area contributed by atoms with Crippen molar-refractivity contribution in [3.8, 4) is 12.3 Å². The molecule has 3 nitrogen and oxygen atoms in total. The summed E-state index contributed by atoms with van der Waals surface area (Å²) in [6, 6.07) is 0. The lowest BCUT2D eigenvalue weighted by atomic mass is 9.99. The Labute approximate surface area is 74.1 Å². The largest absolute Gasteiger partial charge is 0.371 e. The summed E-state index contributed by atoms with van der Waals surface area (Å²) in [4.78, 5) is 14.0. The second-order valence-electron chi connectivity index (χ2n) is 2.25. The summed E-state index contributed by atoms with van der Waals surface area (Å²) in [6.07, 6.45) is 5.55. The van der Waals surface area contributed by atoms with Crippen LogP contribution in [0.15, 0.2) is 10.9 Å². The quantitative estimate of drug-likeness (QED) is 0.547. The molecule has 0 bridgehead atoms. The molecule has 0 saturated heterocycles. The Morgan fingerprint density at radius 1 is 1.92 bits per heavy atom. The molecule has 0 radical (unpaired) electrons. The number of aldehydes is 1. The van der Waals surface area contributed by atoms with Crippen molar-refractivity contribution in [3.63, 3.8) is 0 Å². The van der Waals surface area contributed by atoms with E-state index in [1.807, 2.05) is 0 Å². The molecule has 0 saturated carbocycles. The van der Waals surface area contributed by atoms with Gasteiger partial charge >= 0.3 is 0 Å². The van der Waals surface area contributed by atoms with E-state index in [1.165, 1.54) is 11.3 Å². The molecule has 12 heavy (non-hydrogen) atoms. The SMILES string of the molecule is C#CC(O)(CC=O)c1cscn1. The fourth-order valence-corrected chi connectivity index (χ4v) is 1.39. The van der Waals surface area contributed by atoms with Crippen LogP contribution in [0.1, 0.15) is 12.1 Å². The van der Waals surface area contributed by atoms with Crippen molar-refractivity contribution in [2.24, 2.45) is 0 Å². The highest BCUT2D eigenvalue weighted by Gasteiger charge is 2.27. The summed E-state index contributed by atoms with van der Waals surface area (Å²) < 4.78 is 0. The van der Waals surface area contributed by atoms with Gasteiger partial charge in [0.2, 0.25) is 0 Å². The zero-order chi connectivity index (χ0) is 9.03. The third-order valence-electron chi connectivity index (χ3n) is 1.47. The normalized spacial score (nSPS) is 14.7. The van der Waals surface area contributed by atoms with E-state index < -0.39 is 5.60 Å². The molecule has 0 amide bonds. The third kappa shape index (κ3) is 1.52. The predicted molar refractivity (Wildman–Crippen MR) is 45.5 cm³/mol. The molecular weight excluding hydrogens is 174 g/mol. The van der Waals surface area contributed by atoms with Crippen molar-refractivity contribution < 1.29 is 9.90 Å². The monoisotopic (exact) mass is 181 g/mol. The molecule has 1 aromatic heterocycles. The van der Waals surface area contributed by atoms with Gasteiger partial charge < -0.3 is 9.90 Å². The van der Waals surface area contributed by atoms with Gasteiger partial charge in [-0.2, -0.15) is 0 Å². The van der Waals surface area contributed by atoms with Gasteiger partial charge in [0.15, 0.2) is 5.60 Å². The molecule has 1 N–H and O–H groups in total. The number of hydrogen-bond donors (Lipinski definition) is 1. The highest BCUT2D eigenvalue weighted by molar-refractivity contribution is 7.07. The molecule has 0 fully saturated rings. The Balaban J connectivity index is 2.97. The summed E-state index contributed by atoms with van der Waals surface area (Å²) >= 11 is 1.33. The highest BCUT2D eigenvalue weighted by atomic mass is 32.1. The van der Waals surface area contributed by atoms with Crippen LogP contribution in [0.2, 0.25) is 0 Å². The number of aromatic nitrogens is 1. The van der Waals surface area contributed by atoms with Crippen molar-refractivity contribution in [2.45, 2.75) is 12.0 Å². The molecule has 0 spiro atoms. The van der Waals surface area contributed by atoms with Crippen LogP contribution in [-0.4, -0.2) is 16.4 Å². The Hall–Kier alpha value is -1.18. The molecule has 0 aliphatic rings. The molecular formula is C8H7NO2S. The summed E-state index contributed by atoms with van der Waals surface area (Å²) in [7, 11) is 0. The van der Waals surface area contributed by atoms with E-state index in [0.717, 1.165) is 0 Å². The zero-order valence-corrected chi connectivity index (χ0v) is 7.04. The van der Waals surface area contributed by atoms with Crippen molar-refractivity contribution in [2.75, 3.05) is 0 Å². The fourth-order valence-electron chi connectivity index (χ4n) is 0.775. The molecule has 1 atom stereocenters. The number of aliphatic hydroxyl groups is 1. The van der Waals surface area contributed by atoms with Crippen LogP contribution in [0.5, 0.6) is 0 Å². The van der Waals surface area contributed by atoms with Gasteiger partial charge in [0.1, 0.15) is 6.29 Å². The van der Waals surface area contributed by atoms with Gasteiger partial charge in [-0.25, -0.2) is 4.98 Å². The van der Waals surface area contributed by atoms with Crippen molar-refractivity contribution >= 4 is 17.6 Å². The van der Waals surface area contributed by atoms with Crippen molar-refractivity contribution in [1.82, 2.24) is 4.98 Å². The summed E-state index contributed by atoms with van der Waals surface area (Å²) in [5.74, 6) is 2.15. The number of carbonyl (C=O) groups is 1. The molecule has 4 heteroatoms. The Bertz CT molecular complexity index is 301. The molecule has 62 valence electrons. The number of nitrogens with zero attached hydrogens (tertiary/aromatic N) is 1. The number of carbonyl (C=O) groups excluding carboxylic acids is 1. The van der Waals surface area contributed by atoms with E-state index in [-0.39, 0.29) is 6.42 Å². The summed E-state index contributed by atoms with van der Waals surface area (Å²) in [5.41, 5.74) is 0.395. The van der Waals surface area contributed by atoms with Crippen LogP contribution in [0, 0.1) is 12.3 Å². The fraction of sp³-hybridized carbons (Fsp3) is 0.250. The van der Waals surface area contributed by atoms with E-state index in [1.54, 1.807) is 10.9 Å². The standard InChI is InChI=1S/C8H7NO2S/c1-2-8(11,3-4-10)7-5-12-6-9-7/h1,4-6,11H,3H2. The van der Waals surface area contributed by atoms with Crippen LogP contribution in [0.3, 0.4) is 0 Å². The smallest absolute Gasteiger partial charge is 0.174 e. The van der Waals surface area contributed by atoms with Gasteiger partial charge in [-0.15, -0.1) is 17.8 Å². The average Bonchev–Trinajstić information content (AvgIpc) is 2.57. The number of thiazole rings is 1.